The number of aromatic nitrogens is 3. The van der Waals surface area contributed by atoms with Gasteiger partial charge >= 0.3 is 5.97 Å². The van der Waals surface area contributed by atoms with Crippen LogP contribution in [0.4, 0.5) is 0 Å². The number of carbonyl (C=O) groups is 1. The highest BCUT2D eigenvalue weighted by atomic mass is 32.2. The van der Waals surface area contributed by atoms with Crippen molar-refractivity contribution < 1.29 is 9.90 Å². The Bertz CT molecular complexity index is 552. The maximum Gasteiger partial charge on any atom is 0.335 e. The van der Waals surface area contributed by atoms with Gasteiger partial charge in [0, 0.05) is 18.1 Å². The van der Waals surface area contributed by atoms with Crippen LogP contribution in [0, 0.1) is 0 Å². The molecule has 0 fully saturated rings. The third-order valence-electron chi connectivity index (χ3n) is 2.33. The number of rotatable bonds is 4. The second kappa shape index (κ2) is 5.22. The fraction of sp³-hybridized carbons (Fsp3) is 0.250. The van der Waals surface area contributed by atoms with Crippen molar-refractivity contribution in [2.24, 2.45) is 0 Å². The van der Waals surface area contributed by atoms with Gasteiger partial charge in [-0.25, -0.2) is 14.8 Å². The molecule has 94 valence electrons. The predicted molar refractivity (Wildman–Crippen MR) is 68.0 cm³/mol. The molecule has 0 aliphatic heterocycles. The maximum absolute atomic E-state index is 11.1. The molecule has 0 aliphatic rings. The fourth-order valence-electron chi connectivity index (χ4n) is 1.40. The van der Waals surface area contributed by atoms with Crippen LogP contribution in [-0.2, 0) is 0 Å². The van der Waals surface area contributed by atoms with Crippen molar-refractivity contribution in [3.8, 4) is 0 Å². The highest BCUT2D eigenvalue weighted by molar-refractivity contribution is 7.99. The van der Waals surface area contributed by atoms with Gasteiger partial charge in [-0.3, -0.25) is 0 Å². The number of hydrogen-bond acceptors (Lipinski definition) is 4. The molecule has 18 heavy (non-hydrogen) atoms. The van der Waals surface area contributed by atoms with E-state index >= 15 is 0 Å². The fourth-order valence-corrected chi connectivity index (χ4v) is 2.18. The number of carboxylic acids is 1. The molecule has 2 aromatic heterocycles. The van der Waals surface area contributed by atoms with E-state index in [-0.39, 0.29) is 11.5 Å². The molecular weight excluding hydrogens is 250 g/mol. The number of nitrogens with one attached hydrogen (secondary N) is 1. The first-order chi connectivity index (χ1) is 8.56. The summed E-state index contributed by atoms with van der Waals surface area (Å²) in [4.78, 5) is 22.5. The van der Waals surface area contributed by atoms with Crippen LogP contribution in [0.5, 0.6) is 0 Å². The molecule has 0 radical (unpaired) electrons. The van der Waals surface area contributed by atoms with Crippen molar-refractivity contribution in [1.82, 2.24) is 15.0 Å². The molecule has 2 heterocycles. The Hall–Kier alpha value is -1.82. The number of aromatic amines is 1. The monoisotopic (exact) mass is 263 g/mol. The van der Waals surface area contributed by atoms with Crippen LogP contribution >= 0.6 is 11.8 Å². The first-order valence-corrected chi connectivity index (χ1v) is 6.30. The van der Waals surface area contributed by atoms with Gasteiger partial charge in [0.05, 0.1) is 5.56 Å². The summed E-state index contributed by atoms with van der Waals surface area (Å²) < 4.78 is 0. The van der Waals surface area contributed by atoms with Crippen molar-refractivity contribution in [2.45, 2.75) is 29.9 Å². The molecule has 0 aromatic carbocycles. The molecule has 0 saturated carbocycles. The van der Waals surface area contributed by atoms with Gasteiger partial charge in [0.2, 0.25) is 0 Å². The number of pyridine rings is 1. The molecule has 6 heteroatoms. The van der Waals surface area contributed by atoms with Crippen molar-refractivity contribution in [3.63, 3.8) is 0 Å². The zero-order chi connectivity index (χ0) is 13.1. The van der Waals surface area contributed by atoms with Crippen LogP contribution in [0.2, 0.25) is 0 Å². The first kappa shape index (κ1) is 12.6. The van der Waals surface area contributed by atoms with Crippen molar-refractivity contribution in [2.75, 3.05) is 0 Å². The van der Waals surface area contributed by atoms with E-state index in [4.69, 9.17) is 5.11 Å². The Kier molecular flexibility index (Phi) is 3.66. The number of nitrogens with zero attached hydrogens (tertiary/aromatic N) is 2. The summed E-state index contributed by atoms with van der Waals surface area (Å²) in [6, 6.07) is 3.17. The van der Waals surface area contributed by atoms with E-state index in [0.29, 0.717) is 10.2 Å². The molecule has 0 atom stereocenters. The zero-order valence-electron chi connectivity index (χ0n) is 10.0. The van der Waals surface area contributed by atoms with E-state index in [1.54, 1.807) is 24.5 Å². The van der Waals surface area contributed by atoms with Gasteiger partial charge in [-0.1, -0.05) is 13.8 Å². The minimum Gasteiger partial charge on any atom is -0.478 e. The molecule has 2 N–H and O–H groups in total. The van der Waals surface area contributed by atoms with Crippen LogP contribution in [0.1, 0.15) is 35.8 Å². The normalized spacial score (nSPS) is 10.8. The second-order valence-corrected chi connectivity index (χ2v) is 5.08. The lowest BCUT2D eigenvalue weighted by Gasteiger charge is -2.08. The maximum atomic E-state index is 11.1. The molecule has 0 bridgehead atoms. The summed E-state index contributed by atoms with van der Waals surface area (Å²) >= 11 is 1.32. The van der Waals surface area contributed by atoms with Crippen molar-refractivity contribution in [3.05, 3.63) is 35.8 Å². The molecule has 0 unspecified atom stereocenters. The van der Waals surface area contributed by atoms with Gasteiger partial charge in [0.1, 0.15) is 5.03 Å². The molecule has 0 saturated heterocycles. The Morgan fingerprint density at radius 1 is 1.44 bits per heavy atom. The third-order valence-corrected chi connectivity index (χ3v) is 3.17. The first-order valence-electron chi connectivity index (χ1n) is 5.49. The summed E-state index contributed by atoms with van der Waals surface area (Å²) in [7, 11) is 0. The van der Waals surface area contributed by atoms with E-state index in [0.717, 1.165) is 5.69 Å². The number of H-pyrrole nitrogens is 1. The molecule has 5 nitrogen and oxygen atoms in total. The van der Waals surface area contributed by atoms with E-state index in [9.17, 15) is 4.79 Å². The van der Waals surface area contributed by atoms with E-state index < -0.39 is 5.97 Å². The van der Waals surface area contributed by atoms with Gasteiger partial charge in [0.25, 0.3) is 0 Å². The number of imidazole rings is 1. The summed E-state index contributed by atoms with van der Waals surface area (Å²) in [5.41, 5.74) is 1.02. The van der Waals surface area contributed by atoms with Gasteiger partial charge in [-0.2, -0.15) is 0 Å². The zero-order valence-corrected chi connectivity index (χ0v) is 10.9. The molecule has 2 rings (SSSR count). The number of aromatic carboxylic acids is 1. The highest BCUT2D eigenvalue weighted by Crippen LogP contribution is 2.25. The van der Waals surface area contributed by atoms with E-state index in [1.165, 1.54) is 11.8 Å². The van der Waals surface area contributed by atoms with Crippen LogP contribution < -0.4 is 0 Å². The largest absolute Gasteiger partial charge is 0.478 e. The van der Waals surface area contributed by atoms with E-state index in [1.807, 2.05) is 13.8 Å². The lowest BCUT2D eigenvalue weighted by molar-refractivity contribution is 0.0696. The van der Waals surface area contributed by atoms with Gasteiger partial charge in [-0.05, 0) is 29.8 Å². The minimum absolute atomic E-state index is 0.181. The molecular formula is C12H13N3O2S. The van der Waals surface area contributed by atoms with Crippen LogP contribution in [0.25, 0.3) is 0 Å². The Morgan fingerprint density at radius 2 is 2.22 bits per heavy atom. The second-order valence-electron chi connectivity index (χ2n) is 4.08. The SMILES string of the molecule is CC(C)c1cc(C(=O)O)cc(Sc2ncc[nH]2)n1. The quantitative estimate of drug-likeness (QED) is 0.886. The summed E-state index contributed by atoms with van der Waals surface area (Å²) in [5.74, 6) is -0.763. The van der Waals surface area contributed by atoms with Crippen LogP contribution in [0.15, 0.2) is 34.7 Å². The minimum atomic E-state index is -0.944. The van der Waals surface area contributed by atoms with Crippen LogP contribution in [-0.4, -0.2) is 26.0 Å². The third kappa shape index (κ3) is 2.89. The molecule has 0 aliphatic carbocycles. The molecule has 0 amide bonds. The summed E-state index contributed by atoms with van der Waals surface area (Å²) in [6.07, 6.45) is 3.36. The Morgan fingerprint density at radius 3 is 2.78 bits per heavy atom. The summed E-state index contributed by atoms with van der Waals surface area (Å²) in [5, 5.41) is 10.4. The number of carboxylic acid groups (broad SMARTS) is 1. The van der Waals surface area contributed by atoms with Crippen LogP contribution in [0.3, 0.4) is 0 Å². The molecule has 0 spiro atoms. The average Bonchev–Trinajstić information content (AvgIpc) is 2.81. The predicted octanol–water partition coefficient (Wildman–Crippen LogP) is 2.78. The highest BCUT2D eigenvalue weighted by Gasteiger charge is 2.12. The average molecular weight is 263 g/mol. The number of hydrogen-bond donors (Lipinski definition) is 2. The molecule has 2 aromatic rings. The van der Waals surface area contributed by atoms with E-state index in [2.05, 4.69) is 15.0 Å². The topological polar surface area (TPSA) is 78.9 Å². The van der Waals surface area contributed by atoms with Crippen molar-refractivity contribution in [1.29, 1.82) is 0 Å². The lowest BCUT2D eigenvalue weighted by atomic mass is 10.1. The van der Waals surface area contributed by atoms with Gasteiger partial charge in [-0.15, -0.1) is 0 Å². The Balaban J connectivity index is 2.37. The standard InChI is InChI=1S/C12H13N3O2S/c1-7(2)9-5-8(11(16)17)6-10(15-9)18-12-13-3-4-14-12/h3-7H,1-2H3,(H,13,14)(H,16,17). The van der Waals surface area contributed by atoms with Gasteiger partial charge < -0.3 is 10.1 Å². The van der Waals surface area contributed by atoms with Crippen molar-refractivity contribution >= 4 is 17.7 Å². The Labute approximate surface area is 109 Å². The summed E-state index contributed by atoms with van der Waals surface area (Å²) in [6.45, 7) is 3.96. The lowest BCUT2D eigenvalue weighted by Crippen LogP contribution is -2.02. The smallest absolute Gasteiger partial charge is 0.335 e. The van der Waals surface area contributed by atoms with Gasteiger partial charge in [0.15, 0.2) is 5.16 Å².